The Kier molecular flexibility index (Phi) is 8.10. The molecular weight excluding hydrogens is 390 g/mol. The number of rotatable bonds is 8. The third kappa shape index (κ3) is 6.00. The number of benzene rings is 2. The molecule has 0 aliphatic carbocycles. The largest absolute Gasteiger partial charge is 0.260 e. The van der Waals surface area contributed by atoms with Crippen molar-refractivity contribution in [1.29, 1.82) is 0 Å². The quantitative estimate of drug-likeness (QED) is 0.339. The molecule has 1 heterocycles. The first-order chi connectivity index (χ1) is 15.4. The summed E-state index contributed by atoms with van der Waals surface area (Å²) >= 11 is 0. The molecule has 3 rings (SSSR count). The first-order valence-electron chi connectivity index (χ1n) is 11.6. The molecule has 0 saturated heterocycles. The first kappa shape index (κ1) is 23.6. The molecule has 0 aliphatic rings. The molecule has 32 heavy (non-hydrogen) atoms. The van der Waals surface area contributed by atoms with Crippen molar-refractivity contribution in [2.75, 3.05) is 0 Å². The summed E-state index contributed by atoms with van der Waals surface area (Å²) in [5.74, 6) is 0.886. The van der Waals surface area contributed by atoms with E-state index in [9.17, 15) is 0 Å². The lowest BCUT2D eigenvalue weighted by atomic mass is 9.93. The van der Waals surface area contributed by atoms with E-state index in [1.807, 2.05) is 12.4 Å². The summed E-state index contributed by atoms with van der Waals surface area (Å²) in [6.45, 7) is 13.1. The SMILES string of the molecule is Cc1cccc(C)c1N=CCc1cccc(CC=Nc2c(C(C)C)cccc2C(C)C)n1. The molecule has 3 aromatic rings. The highest BCUT2D eigenvalue weighted by molar-refractivity contribution is 5.70. The van der Waals surface area contributed by atoms with E-state index in [0.717, 1.165) is 22.8 Å². The number of aliphatic imine (C=N–C) groups is 2. The maximum atomic E-state index is 4.90. The third-order valence-electron chi connectivity index (χ3n) is 5.69. The average Bonchev–Trinajstić information content (AvgIpc) is 2.76. The monoisotopic (exact) mass is 425 g/mol. The van der Waals surface area contributed by atoms with Crippen molar-refractivity contribution >= 4 is 23.8 Å². The van der Waals surface area contributed by atoms with Crippen molar-refractivity contribution in [3.8, 4) is 0 Å². The van der Waals surface area contributed by atoms with Crippen LogP contribution in [0.25, 0.3) is 0 Å². The van der Waals surface area contributed by atoms with E-state index in [-0.39, 0.29) is 0 Å². The molecule has 0 atom stereocenters. The Bertz CT molecular complexity index is 1060. The van der Waals surface area contributed by atoms with E-state index in [1.54, 1.807) is 0 Å². The molecule has 0 bridgehead atoms. The molecule has 0 unspecified atom stereocenters. The van der Waals surface area contributed by atoms with Gasteiger partial charge in [0, 0.05) is 36.7 Å². The average molecular weight is 426 g/mol. The number of aryl methyl sites for hydroxylation is 2. The van der Waals surface area contributed by atoms with Crippen LogP contribution in [-0.2, 0) is 12.8 Å². The van der Waals surface area contributed by atoms with Gasteiger partial charge in [-0.3, -0.25) is 15.0 Å². The Morgan fingerprint density at radius 2 is 1.09 bits per heavy atom. The van der Waals surface area contributed by atoms with Crippen molar-refractivity contribution in [2.45, 2.75) is 66.2 Å². The Morgan fingerprint density at radius 3 is 1.59 bits per heavy atom. The topological polar surface area (TPSA) is 37.6 Å². The van der Waals surface area contributed by atoms with Crippen LogP contribution in [0.4, 0.5) is 11.4 Å². The molecular formula is C29H35N3. The predicted molar refractivity (Wildman–Crippen MR) is 138 cm³/mol. The summed E-state index contributed by atoms with van der Waals surface area (Å²) in [6.07, 6.45) is 5.39. The molecule has 0 fully saturated rings. The second-order valence-electron chi connectivity index (χ2n) is 8.99. The van der Waals surface area contributed by atoms with Crippen LogP contribution in [0.2, 0.25) is 0 Å². The summed E-state index contributed by atoms with van der Waals surface area (Å²) in [4.78, 5) is 14.4. The van der Waals surface area contributed by atoms with Crippen molar-refractivity contribution in [3.05, 3.63) is 88.2 Å². The van der Waals surface area contributed by atoms with E-state index < -0.39 is 0 Å². The minimum Gasteiger partial charge on any atom is -0.260 e. The fourth-order valence-electron chi connectivity index (χ4n) is 3.89. The van der Waals surface area contributed by atoms with Crippen molar-refractivity contribution in [1.82, 2.24) is 4.98 Å². The van der Waals surface area contributed by atoms with Gasteiger partial charge in [0.25, 0.3) is 0 Å². The van der Waals surface area contributed by atoms with E-state index >= 15 is 0 Å². The molecule has 3 heteroatoms. The fraction of sp³-hybridized carbons (Fsp3) is 0.345. The third-order valence-corrected chi connectivity index (χ3v) is 5.69. The molecule has 0 saturated carbocycles. The fourth-order valence-corrected chi connectivity index (χ4v) is 3.89. The molecule has 0 N–H and O–H groups in total. The van der Waals surface area contributed by atoms with Crippen LogP contribution < -0.4 is 0 Å². The van der Waals surface area contributed by atoms with Crippen molar-refractivity contribution < 1.29 is 0 Å². The summed E-state index contributed by atoms with van der Waals surface area (Å²) < 4.78 is 0. The van der Waals surface area contributed by atoms with Crippen LogP contribution in [0.1, 0.15) is 73.2 Å². The zero-order valence-corrected chi connectivity index (χ0v) is 20.3. The van der Waals surface area contributed by atoms with Gasteiger partial charge in [-0.05, 0) is 60.1 Å². The molecule has 2 aromatic carbocycles. The summed E-state index contributed by atoms with van der Waals surface area (Å²) in [5, 5.41) is 0. The summed E-state index contributed by atoms with van der Waals surface area (Å²) in [6, 6.07) is 19.0. The Morgan fingerprint density at radius 1 is 0.656 bits per heavy atom. The number of nitrogens with zero attached hydrogens (tertiary/aromatic N) is 3. The summed E-state index contributed by atoms with van der Waals surface area (Å²) in [7, 11) is 0. The number of para-hydroxylation sites is 2. The van der Waals surface area contributed by atoms with Gasteiger partial charge >= 0.3 is 0 Å². The van der Waals surface area contributed by atoms with E-state index in [2.05, 4.69) is 96.1 Å². The summed E-state index contributed by atoms with van der Waals surface area (Å²) in [5.41, 5.74) is 9.23. The van der Waals surface area contributed by atoms with Gasteiger partial charge in [-0.2, -0.15) is 0 Å². The van der Waals surface area contributed by atoms with Gasteiger partial charge < -0.3 is 0 Å². The Hall–Kier alpha value is -3.07. The second-order valence-corrected chi connectivity index (χ2v) is 8.99. The second kappa shape index (κ2) is 11.0. The van der Waals surface area contributed by atoms with Crippen LogP contribution in [0.5, 0.6) is 0 Å². The number of hydrogen-bond donors (Lipinski definition) is 0. The van der Waals surface area contributed by atoms with Crippen LogP contribution in [0, 0.1) is 13.8 Å². The van der Waals surface area contributed by atoms with Crippen LogP contribution >= 0.6 is 0 Å². The lowest BCUT2D eigenvalue weighted by Gasteiger charge is -2.16. The Balaban J connectivity index is 1.72. The number of aromatic nitrogens is 1. The molecule has 1 aromatic heterocycles. The van der Waals surface area contributed by atoms with Gasteiger partial charge in [-0.25, -0.2) is 0 Å². The van der Waals surface area contributed by atoms with Crippen LogP contribution in [-0.4, -0.2) is 17.4 Å². The lowest BCUT2D eigenvalue weighted by Crippen LogP contribution is -1.98. The minimum atomic E-state index is 0.443. The lowest BCUT2D eigenvalue weighted by molar-refractivity contribution is 0.835. The molecule has 0 amide bonds. The minimum absolute atomic E-state index is 0.443. The van der Waals surface area contributed by atoms with Gasteiger partial charge in [0.1, 0.15) is 0 Å². The van der Waals surface area contributed by atoms with Gasteiger partial charge in [0.2, 0.25) is 0 Å². The molecule has 166 valence electrons. The Labute approximate surface area is 193 Å². The predicted octanol–water partition coefficient (Wildman–Crippen LogP) is 7.84. The van der Waals surface area contributed by atoms with E-state index in [1.165, 1.54) is 22.3 Å². The molecule has 3 nitrogen and oxygen atoms in total. The number of hydrogen-bond acceptors (Lipinski definition) is 3. The van der Waals surface area contributed by atoms with Gasteiger partial charge in [0.05, 0.1) is 11.4 Å². The molecule has 0 radical (unpaired) electrons. The van der Waals surface area contributed by atoms with Gasteiger partial charge in [-0.1, -0.05) is 70.2 Å². The van der Waals surface area contributed by atoms with Crippen molar-refractivity contribution in [3.63, 3.8) is 0 Å². The van der Waals surface area contributed by atoms with Crippen LogP contribution in [0.3, 0.4) is 0 Å². The van der Waals surface area contributed by atoms with Crippen LogP contribution in [0.15, 0.2) is 64.6 Å². The van der Waals surface area contributed by atoms with Gasteiger partial charge in [-0.15, -0.1) is 0 Å². The van der Waals surface area contributed by atoms with E-state index in [4.69, 9.17) is 15.0 Å². The van der Waals surface area contributed by atoms with Gasteiger partial charge in [0.15, 0.2) is 0 Å². The number of pyridine rings is 1. The maximum absolute atomic E-state index is 4.90. The highest BCUT2D eigenvalue weighted by atomic mass is 14.8. The smallest absolute Gasteiger partial charge is 0.0694 e. The first-order valence-corrected chi connectivity index (χ1v) is 11.6. The molecule has 0 spiro atoms. The highest BCUT2D eigenvalue weighted by Gasteiger charge is 2.12. The maximum Gasteiger partial charge on any atom is 0.0694 e. The molecule has 0 aliphatic heterocycles. The zero-order chi connectivity index (χ0) is 23.1. The van der Waals surface area contributed by atoms with E-state index in [0.29, 0.717) is 24.7 Å². The highest BCUT2D eigenvalue weighted by Crippen LogP contribution is 2.34. The normalized spacial score (nSPS) is 12.0. The van der Waals surface area contributed by atoms with Crippen molar-refractivity contribution in [2.24, 2.45) is 9.98 Å². The zero-order valence-electron chi connectivity index (χ0n) is 20.3. The standard InChI is InChI=1S/C29H35N3/c1-20(2)26-14-9-15-27(21(3)4)29(26)31-19-17-25-13-8-12-24(32-25)16-18-30-28-22(5)10-7-11-23(28)6/h7-15,18-21H,16-17H2,1-6H3.